The number of thioether (sulfide) groups is 1. The molecule has 2 atom stereocenters. The van der Waals surface area contributed by atoms with E-state index in [2.05, 4.69) is 15.6 Å². The van der Waals surface area contributed by atoms with Crippen molar-refractivity contribution in [3.63, 3.8) is 0 Å². The predicted octanol–water partition coefficient (Wildman–Crippen LogP) is 1.37. The lowest BCUT2D eigenvalue weighted by Gasteiger charge is -2.36. The van der Waals surface area contributed by atoms with E-state index in [-0.39, 0.29) is 5.91 Å². The van der Waals surface area contributed by atoms with E-state index >= 15 is 0 Å². The number of amides is 1. The zero-order chi connectivity index (χ0) is 12.1. The van der Waals surface area contributed by atoms with Crippen LogP contribution in [0.25, 0.3) is 0 Å². The molecule has 1 aliphatic heterocycles. The van der Waals surface area contributed by atoms with Crippen LogP contribution in [0.1, 0.15) is 32.1 Å². The van der Waals surface area contributed by atoms with Crippen molar-refractivity contribution in [2.24, 2.45) is 10.9 Å². The van der Waals surface area contributed by atoms with Crippen LogP contribution in [0, 0.1) is 5.92 Å². The van der Waals surface area contributed by atoms with Crippen molar-refractivity contribution >= 4 is 22.8 Å². The lowest BCUT2D eigenvalue weighted by molar-refractivity contribution is -0.120. The Kier molecular flexibility index (Phi) is 4.71. The van der Waals surface area contributed by atoms with Gasteiger partial charge in [-0.15, -0.1) is 0 Å². The van der Waals surface area contributed by atoms with Crippen LogP contribution in [0.15, 0.2) is 4.99 Å². The van der Waals surface area contributed by atoms with Gasteiger partial charge in [0.2, 0.25) is 5.91 Å². The van der Waals surface area contributed by atoms with Gasteiger partial charge in [-0.3, -0.25) is 9.79 Å². The summed E-state index contributed by atoms with van der Waals surface area (Å²) in [6.07, 6.45) is 5.84. The van der Waals surface area contributed by atoms with Crippen molar-refractivity contribution in [2.45, 2.75) is 38.1 Å². The van der Waals surface area contributed by atoms with Crippen molar-refractivity contribution in [2.75, 3.05) is 19.3 Å². The molecule has 17 heavy (non-hydrogen) atoms. The number of carbonyl (C=O) groups excluding carboxylic acids is 1. The molecule has 0 aromatic rings. The van der Waals surface area contributed by atoms with Crippen LogP contribution >= 0.6 is 11.8 Å². The highest BCUT2D eigenvalue weighted by Crippen LogP contribution is 2.31. The number of amidine groups is 1. The molecule has 96 valence electrons. The third-order valence-corrected chi connectivity index (χ3v) is 4.64. The van der Waals surface area contributed by atoms with Crippen LogP contribution in [0.2, 0.25) is 0 Å². The van der Waals surface area contributed by atoms with Gasteiger partial charge in [-0.2, -0.15) is 0 Å². The van der Waals surface area contributed by atoms with Crippen molar-refractivity contribution in [1.82, 2.24) is 10.6 Å². The van der Waals surface area contributed by atoms with Gasteiger partial charge in [-0.25, -0.2) is 0 Å². The fourth-order valence-electron chi connectivity index (χ4n) is 2.46. The number of fused-ring (bicyclic) bond motifs is 1. The first-order chi connectivity index (χ1) is 8.29. The molecule has 2 aliphatic rings. The smallest absolute Gasteiger partial charge is 0.221 e. The zero-order valence-electron chi connectivity index (χ0n) is 10.4. The number of carbonyl (C=O) groups is 1. The van der Waals surface area contributed by atoms with Crippen LogP contribution in [0.4, 0.5) is 0 Å². The Balaban J connectivity index is 1.78. The average Bonchev–Trinajstić information content (AvgIpc) is 2.38. The number of nitrogens with one attached hydrogen (secondary N) is 2. The molecule has 2 rings (SSSR count). The Morgan fingerprint density at radius 1 is 1.53 bits per heavy atom. The molecule has 0 bridgehead atoms. The molecule has 1 saturated carbocycles. The largest absolute Gasteiger partial charge is 0.362 e. The average molecular weight is 255 g/mol. The van der Waals surface area contributed by atoms with Gasteiger partial charge in [0.25, 0.3) is 0 Å². The van der Waals surface area contributed by atoms with E-state index in [1.807, 2.05) is 11.8 Å². The molecule has 0 aromatic heterocycles. The Bertz CT molecular complexity index is 306. The summed E-state index contributed by atoms with van der Waals surface area (Å²) >= 11 is 1.82. The molecular weight excluding hydrogens is 234 g/mol. The van der Waals surface area contributed by atoms with Crippen molar-refractivity contribution in [1.29, 1.82) is 0 Å². The third-order valence-electron chi connectivity index (χ3n) is 3.53. The molecule has 0 radical (unpaired) electrons. The maximum Gasteiger partial charge on any atom is 0.221 e. The highest BCUT2D eigenvalue weighted by molar-refractivity contribution is 8.13. The number of hydrogen-bond donors (Lipinski definition) is 2. The fourth-order valence-corrected chi connectivity index (χ4v) is 3.65. The van der Waals surface area contributed by atoms with Gasteiger partial charge in [0.15, 0.2) is 5.17 Å². The summed E-state index contributed by atoms with van der Waals surface area (Å²) < 4.78 is 0. The van der Waals surface area contributed by atoms with Gasteiger partial charge >= 0.3 is 0 Å². The van der Waals surface area contributed by atoms with E-state index in [1.165, 1.54) is 31.4 Å². The number of rotatable bonds is 3. The van der Waals surface area contributed by atoms with Gasteiger partial charge in [0, 0.05) is 25.3 Å². The summed E-state index contributed by atoms with van der Waals surface area (Å²) in [4.78, 5) is 15.5. The Hall–Kier alpha value is -0.710. The van der Waals surface area contributed by atoms with Gasteiger partial charge < -0.3 is 10.6 Å². The topological polar surface area (TPSA) is 53.5 Å². The zero-order valence-corrected chi connectivity index (χ0v) is 11.2. The highest BCUT2D eigenvalue weighted by atomic mass is 32.2. The Morgan fingerprint density at radius 3 is 3.18 bits per heavy atom. The molecule has 0 spiro atoms. The normalized spacial score (nSPS) is 30.5. The molecule has 2 fully saturated rings. The molecule has 1 amide bonds. The van der Waals surface area contributed by atoms with E-state index < -0.39 is 0 Å². The molecule has 1 heterocycles. The van der Waals surface area contributed by atoms with Crippen LogP contribution in [0.5, 0.6) is 0 Å². The first kappa shape index (κ1) is 12.7. The Labute approximate surface area is 107 Å². The van der Waals surface area contributed by atoms with E-state index in [0.717, 1.165) is 11.1 Å². The molecule has 1 saturated heterocycles. The second kappa shape index (κ2) is 6.28. The SMILES string of the molecule is CNC(=O)CCN=C1NC2CCCCC2CS1. The molecule has 2 unspecified atom stereocenters. The van der Waals surface area contributed by atoms with Crippen LogP contribution in [-0.4, -0.2) is 36.5 Å². The van der Waals surface area contributed by atoms with Crippen LogP contribution in [-0.2, 0) is 4.79 Å². The fraction of sp³-hybridized carbons (Fsp3) is 0.833. The Morgan fingerprint density at radius 2 is 2.35 bits per heavy atom. The quantitative estimate of drug-likeness (QED) is 0.801. The summed E-state index contributed by atoms with van der Waals surface area (Å²) in [6.45, 7) is 0.590. The van der Waals surface area contributed by atoms with Gasteiger partial charge in [-0.05, 0) is 18.8 Å². The summed E-state index contributed by atoms with van der Waals surface area (Å²) in [5.74, 6) is 2.08. The minimum Gasteiger partial charge on any atom is -0.362 e. The molecule has 5 heteroatoms. The summed E-state index contributed by atoms with van der Waals surface area (Å²) in [5.41, 5.74) is 0. The summed E-state index contributed by atoms with van der Waals surface area (Å²) in [6, 6.07) is 0.628. The maximum absolute atomic E-state index is 11.1. The summed E-state index contributed by atoms with van der Waals surface area (Å²) in [7, 11) is 1.66. The van der Waals surface area contributed by atoms with E-state index in [0.29, 0.717) is 19.0 Å². The van der Waals surface area contributed by atoms with Crippen molar-refractivity contribution < 1.29 is 4.79 Å². The molecular formula is C12H21N3OS. The standard InChI is InChI=1S/C12H21N3OS/c1-13-11(16)6-7-14-12-15-10-5-3-2-4-9(10)8-17-12/h9-10H,2-8H2,1H3,(H,13,16)(H,14,15). The molecule has 2 N–H and O–H groups in total. The third kappa shape index (κ3) is 3.63. The maximum atomic E-state index is 11.1. The lowest BCUT2D eigenvalue weighted by Crippen LogP contribution is -2.46. The number of nitrogens with zero attached hydrogens (tertiary/aromatic N) is 1. The lowest BCUT2D eigenvalue weighted by atomic mass is 9.86. The number of hydrogen-bond acceptors (Lipinski definition) is 3. The highest BCUT2D eigenvalue weighted by Gasteiger charge is 2.29. The minimum absolute atomic E-state index is 0.0608. The van der Waals surface area contributed by atoms with Crippen molar-refractivity contribution in [3.05, 3.63) is 0 Å². The molecule has 4 nitrogen and oxygen atoms in total. The van der Waals surface area contributed by atoms with Gasteiger partial charge in [0.1, 0.15) is 0 Å². The first-order valence-electron chi connectivity index (χ1n) is 6.44. The predicted molar refractivity (Wildman–Crippen MR) is 72.3 cm³/mol. The van der Waals surface area contributed by atoms with Crippen LogP contribution in [0.3, 0.4) is 0 Å². The summed E-state index contributed by atoms with van der Waals surface area (Å²) in [5, 5.41) is 7.18. The van der Waals surface area contributed by atoms with Crippen LogP contribution < -0.4 is 10.6 Å². The minimum atomic E-state index is 0.0608. The van der Waals surface area contributed by atoms with Crippen molar-refractivity contribution in [3.8, 4) is 0 Å². The molecule has 1 aliphatic carbocycles. The second-order valence-electron chi connectivity index (χ2n) is 4.72. The van der Waals surface area contributed by atoms with E-state index in [4.69, 9.17) is 0 Å². The monoisotopic (exact) mass is 255 g/mol. The van der Waals surface area contributed by atoms with Gasteiger partial charge in [0.05, 0.1) is 6.54 Å². The number of aliphatic imine (C=N–C) groups is 1. The second-order valence-corrected chi connectivity index (χ2v) is 5.73. The first-order valence-corrected chi connectivity index (χ1v) is 7.42. The van der Waals surface area contributed by atoms with E-state index in [1.54, 1.807) is 7.05 Å². The van der Waals surface area contributed by atoms with Gasteiger partial charge in [-0.1, -0.05) is 24.6 Å². The molecule has 0 aromatic carbocycles. The van der Waals surface area contributed by atoms with E-state index in [9.17, 15) is 4.79 Å².